The minimum atomic E-state index is -3.63. The number of sulfonamides is 1. The average Bonchev–Trinajstić information content (AvgIpc) is 2.84. The second kappa shape index (κ2) is 10.2. The summed E-state index contributed by atoms with van der Waals surface area (Å²) in [6.45, 7) is 0.157. The second-order valence-electron chi connectivity index (χ2n) is 8.22. The van der Waals surface area contributed by atoms with Gasteiger partial charge in [0.15, 0.2) is 6.61 Å². The Morgan fingerprint density at radius 2 is 1.70 bits per heavy atom. The molecule has 0 spiro atoms. The Balaban J connectivity index is 1.33. The predicted molar refractivity (Wildman–Crippen MR) is 127 cm³/mol. The van der Waals surface area contributed by atoms with Crippen LogP contribution in [-0.2, 0) is 27.8 Å². The van der Waals surface area contributed by atoms with Crippen molar-refractivity contribution in [2.45, 2.75) is 36.7 Å². The number of hydrogen-bond acceptors (Lipinski definition) is 4. The van der Waals surface area contributed by atoms with Gasteiger partial charge in [-0.25, -0.2) is 8.42 Å². The molecular weight excluding hydrogens is 436 g/mol. The van der Waals surface area contributed by atoms with Crippen LogP contribution in [0.1, 0.15) is 35.6 Å². The molecule has 3 aromatic rings. The van der Waals surface area contributed by atoms with Crippen molar-refractivity contribution in [1.29, 1.82) is 0 Å². The van der Waals surface area contributed by atoms with E-state index in [0.29, 0.717) is 5.75 Å². The van der Waals surface area contributed by atoms with E-state index in [2.05, 4.69) is 17.4 Å². The first-order valence-electron chi connectivity index (χ1n) is 11.0. The molecule has 0 unspecified atom stereocenters. The van der Waals surface area contributed by atoms with Gasteiger partial charge < -0.3 is 10.1 Å². The molecule has 0 aromatic heterocycles. The summed E-state index contributed by atoms with van der Waals surface area (Å²) in [6.07, 6.45) is 2.98. The first-order chi connectivity index (χ1) is 15.9. The highest BCUT2D eigenvalue weighted by molar-refractivity contribution is 7.89. The number of amides is 1. The summed E-state index contributed by atoms with van der Waals surface area (Å²) in [5.74, 6) is 0.245. The Hall–Kier alpha value is -3.16. The highest BCUT2D eigenvalue weighted by Crippen LogP contribution is 2.29. The van der Waals surface area contributed by atoms with Crippen molar-refractivity contribution in [3.63, 3.8) is 0 Å². The zero-order valence-corrected chi connectivity index (χ0v) is 19.4. The Morgan fingerprint density at radius 3 is 2.45 bits per heavy atom. The molecule has 0 heterocycles. The first-order valence-corrected chi connectivity index (χ1v) is 12.5. The third kappa shape index (κ3) is 5.61. The topological polar surface area (TPSA) is 75.7 Å². The van der Waals surface area contributed by atoms with Gasteiger partial charge in [-0.1, -0.05) is 54.6 Å². The monoisotopic (exact) mass is 464 g/mol. The van der Waals surface area contributed by atoms with Gasteiger partial charge in [-0.3, -0.25) is 4.79 Å². The van der Waals surface area contributed by atoms with E-state index in [0.717, 1.165) is 24.8 Å². The van der Waals surface area contributed by atoms with E-state index in [9.17, 15) is 13.2 Å². The molecular formula is C26H28N2O4S. The normalized spacial score (nSPS) is 15.6. The lowest BCUT2D eigenvalue weighted by Gasteiger charge is -2.26. The van der Waals surface area contributed by atoms with E-state index in [-0.39, 0.29) is 30.0 Å². The molecule has 0 radical (unpaired) electrons. The van der Waals surface area contributed by atoms with Gasteiger partial charge in [-0.05, 0) is 60.2 Å². The molecule has 1 aliphatic rings. The number of benzene rings is 3. The fourth-order valence-corrected chi connectivity index (χ4v) is 5.26. The van der Waals surface area contributed by atoms with Crippen LogP contribution in [0.15, 0.2) is 83.8 Å². The highest BCUT2D eigenvalue weighted by Gasteiger charge is 2.22. The van der Waals surface area contributed by atoms with Crippen molar-refractivity contribution in [2.75, 3.05) is 13.7 Å². The van der Waals surface area contributed by atoms with Gasteiger partial charge in [0, 0.05) is 13.6 Å². The van der Waals surface area contributed by atoms with Crippen LogP contribution < -0.4 is 10.1 Å². The molecule has 4 rings (SSSR count). The smallest absolute Gasteiger partial charge is 0.258 e. The fourth-order valence-electron chi connectivity index (χ4n) is 4.10. The third-order valence-electron chi connectivity index (χ3n) is 5.85. The van der Waals surface area contributed by atoms with E-state index >= 15 is 0 Å². The number of nitrogens with zero attached hydrogens (tertiary/aromatic N) is 1. The van der Waals surface area contributed by atoms with E-state index in [1.54, 1.807) is 19.2 Å². The number of nitrogens with one attached hydrogen (secondary N) is 1. The lowest BCUT2D eigenvalue weighted by atomic mass is 9.88. The van der Waals surface area contributed by atoms with E-state index in [1.165, 1.54) is 27.6 Å². The van der Waals surface area contributed by atoms with Crippen LogP contribution in [0.2, 0.25) is 0 Å². The lowest BCUT2D eigenvalue weighted by Crippen LogP contribution is -2.34. The van der Waals surface area contributed by atoms with Crippen LogP contribution in [0.3, 0.4) is 0 Å². The third-order valence-corrected chi connectivity index (χ3v) is 7.67. The zero-order chi connectivity index (χ0) is 23.3. The maximum absolute atomic E-state index is 12.9. The maximum atomic E-state index is 12.9. The molecule has 1 amide bonds. The number of fused-ring (bicyclic) bond motifs is 1. The number of carbonyl (C=O) groups excluding carboxylic acids is 1. The molecule has 1 aliphatic carbocycles. The molecule has 7 heteroatoms. The summed E-state index contributed by atoms with van der Waals surface area (Å²) >= 11 is 0. The first kappa shape index (κ1) is 23.0. The zero-order valence-electron chi connectivity index (χ0n) is 18.6. The summed E-state index contributed by atoms with van der Waals surface area (Å²) in [5, 5.41) is 3.05. The van der Waals surface area contributed by atoms with Crippen LogP contribution in [0.5, 0.6) is 5.75 Å². The van der Waals surface area contributed by atoms with Crippen molar-refractivity contribution in [3.05, 3.63) is 95.6 Å². The van der Waals surface area contributed by atoms with Gasteiger partial charge in [0.2, 0.25) is 10.0 Å². The van der Waals surface area contributed by atoms with Crippen LogP contribution in [0.4, 0.5) is 0 Å². The predicted octanol–water partition coefficient (Wildman–Crippen LogP) is 4.08. The molecule has 0 fully saturated rings. The van der Waals surface area contributed by atoms with E-state index in [1.807, 2.05) is 42.5 Å². The van der Waals surface area contributed by atoms with Crippen LogP contribution in [-0.4, -0.2) is 32.3 Å². The molecule has 172 valence electrons. The minimum Gasteiger partial charge on any atom is -0.484 e. The number of aryl methyl sites for hydroxylation is 1. The minimum absolute atomic E-state index is 0.00118. The SMILES string of the molecule is CN(Cc1ccccc1)S(=O)(=O)c1ccc(OCC(=O)N[C@@H]2CCCc3ccccc32)cc1. The second-order valence-corrected chi connectivity index (χ2v) is 10.3. The quantitative estimate of drug-likeness (QED) is 0.545. The largest absolute Gasteiger partial charge is 0.484 e. The van der Waals surface area contributed by atoms with Crippen LogP contribution in [0, 0.1) is 0 Å². The maximum Gasteiger partial charge on any atom is 0.258 e. The molecule has 0 aliphatic heterocycles. The number of hydrogen-bond donors (Lipinski definition) is 1. The Morgan fingerprint density at radius 1 is 1.00 bits per heavy atom. The molecule has 0 bridgehead atoms. The van der Waals surface area contributed by atoms with E-state index in [4.69, 9.17) is 4.74 Å². The molecule has 6 nitrogen and oxygen atoms in total. The summed E-state index contributed by atoms with van der Waals surface area (Å²) in [7, 11) is -2.08. The van der Waals surface area contributed by atoms with Crippen LogP contribution >= 0.6 is 0 Å². The molecule has 33 heavy (non-hydrogen) atoms. The fraction of sp³-hybridized carbons (Fsp3) is 0.269. The van der Waals surface area contributed by atoms with E-state index < -0.39 is 10.0 Å². The van der Waals surface area contributed by atoms with Crippen LogP contribution in [0.25, 0.3) is 0 Å². The molecule has 1 atom stereocenters. The lowest BCUT2D eigenvalue weighted by molar-refractivity contribution is -0.124. The van der Waals surface area contributed by atoms with Gasteiger partial charge in [-0.15, -0.1) is 0 Å². The van der Waals surface area contributed by atoms with Crippen molar-refractivity contribution in [1.82, 2.24) is 9.62 Å². The Labute approximate surface area is 195 Å². The number of rotatable bonds is 8. The van der Waals surface area contributed by atoms with Gasteiger partial charge in [0.25, 0.3) is 5.91 Å². The summed E-state index contributed by atoms with van der Waals surface area (Å²) in [5.41, 5.74) is 3.37. The molecule has 0 saturated carbocycles. The van der Waals surface area contributed by atoms with Crippen molar-refractivity contribution < 1.29 is 17.9 Å². The molecule has 0 saturated heterocycles. The number of carbonyl (C=O) groups is 1. The Kier molecular flexibility index (Phi) is 7.11. The van der Waals surface area contributed by atoms with Gasteiger partial charge in [-0.2, -0.15) is 4.31 Å². The summed E-state index contributed by atoms with van der Waals surface area (Å²) in [6, 6.07) is 23.8. The van der Waals surface area contributed by atoms with Gasteiger partial charge in [0.05, 0.1) is 10.9 Å². The highest BCUT2D eigenvalue weighted by atomic mass is 32.2. The van der Waals surface area contributed by atoms with Gasteiger partial charge in [0.1, 0.15) is 5.75 Å². The molecule has 3 aromatic carbocycles. The van der Waals surface area contributed by atoms with Crippen molar-refractivity contribution in [2.24, 2.45) is 0 Å². The van der Waals surface area contributed by atoms with Crippen molar-refractivity contribution >= 4 is 15.9 Å². The Bertz CT molecular complexity index is 1190. The standard InChI is InChI=1S/C26H28N2O4S/c1-28(18-20-8-3-2-4-9-20)33(30,31)23-16-14-22(15-17-23)32-19-26(29)27-25-13-7-11-21-10-5-6-12-24(21)25/h2-6,8-10,12,14-17,25H,7,11,13,18-19H2,1H3,(H,27,29)/t25-/m1/s1. The number of ether oxygens (including phenoxy) is 1. The summed E-state index contributed by atoms with van der Waals surface area (Å²) in [4.78, 5) is 12.6. The van der Waals surface area contributed by atoms with Gasteiger partial charge >= 0.3 is 0 Å². The molecule has 1 N–H and O–H groups in total. The summed E-state index contributed by atoms with van der Waals surface area (Å²) < 4.78 is 32.6. The van der Waals surface area contributed by atoms with Crippen molar-refractivity contribution in [3.8, 4) is 5.75 Å². The average molecular weight is 465 g/mol.